The molecule has 0 atom stereocenters. The number of rotatable bonds is 14. The molecule has 0 aliphatic carbocycles. The first-order valence-electron chi connectivity index (χ1n) is 15.6. The van der Waals surface area contributed by atoms with Gasteiger partial charge in [-0.2, -0.15) is 9.78 Å². The van der Waals surface area contributed by atoms with Crippen LogP contribution in [-0.2, 0) is 16.0 Å². The van der Waals surface area contributed by atoms with Crippen molar-refractivity contribution in [3.8, 4) is 28.6 Å². The van der Waals surface area contributed by atoms with Gasteiger partial charge in [0.25, 0.3) is 5.56 Å². The summed E-state index contributed by atoms with van der Waals surface area (Å²) in [5, 5.41) is 5.16. The molecule has 46 heavy (non-hydrogen) atoms. The van der Waals surface area contributed by atoms with E-state index in [9.17, 15) is 9.59 Å². The Kier molecular flexibility index (Phi) is 11.4. The number of carbonyl (C=O) groups is 1. The van der Waals surface area contributed by atoms with Crippen LogP contribution in [0.2, 0.25) is 0 Å². The maximum absolute atomic E-state index is 13.9. The minimum absolute atomic E-state index is 0.179. The molecule has 0 radical (unpaired) electrons. The maximum atomic E-state index is 13.9. The Balaban J connectivity index is 1.87. The molecular formula is C37H43N3O6. The number of fused-ring (bicyclic) bond motifs is 1. The lowest BCUT2D eigenvalue weighted by atomic mass is 9.96. The topological polar surface area (TPSA) is 101 Å². The van der Waals surface area contributed by atoms with Crippen LogP contribution >= 0.6 is 0 Å². The predicted molar refractivity (Wildman–Crippen MR) is 183 cm³/mol. The van der Waals surface area contributed by atoms with Crippen LogP contribution in [0.4, 0.5) is 0 Å². The minimum atomic E-state index is -0.478. The van der Waals surface area contributed by atoms with Crippen LogP contribution < -0.4 is 19.8 Å². The molecule has 1 aromatic heterocycles. The zero-order chi connectivity index (χ0) is 33.4. The van der Waals surface area contributed by atoms with Gasteiger partial charge in [-0.15, -0.1) is 6.58 Å². The van der Waals surface area contributed by atoms with Gasteiger partial charge in [0.1, 0.15) is 5.75 Å². The SMILES string of the molecule is C=CCc1cc(C=Nn2c(-c3cc(C(C)C)c(OCC)cc3C)nc3ccccc3c2=O)cc(OCC)c1OCC(=O)OC(C)C. The van der Waals surface area contributed by atoms with Gasteiger partial charge in [-0.1, -0.05) is 32.1 Å². The number of hydrogen-bond donors (Lipinski definition) is 0. The van der Waals surface area contributed by atoms with Gasteiger partial charge in [-0.25, -0.2) is 9.78 Å². The van der Waals surface area contributed by atoms with Crippen molar-refractivity contribution in [2.75, 3.05) is 19.8 Å². The molecule has 0 aliphatic heterocycles. The molecule has 1 heterocycles. The Hall–Kier alpha value is -4.92. The second-order valence-electron chi connectivity index (χ2n) is 11.4. The summed E-state index contributed by atoms with van der Waals surface area (Å²) in [5.41, 5.74) is 4.40. The third-order valence-corrected chi connectivity index (χ3v) is 7.12. The Labute approximate surface area is 270 Å². The number of hydrogen-bond acceptors (Lipinski definition) is 8. The van der Waals surface area contributed by atoms with Crippen molar-refractivity contribution in [2.24, 2.45) is 5.10 Å². The van der Waals surface area contributed by atoms with Crippen molar-refractivity contribution in [3.05, 3.63) is 93.8 Å². The van der Waals surface area contributed by atoms with Crippen molar-refractivity contribution in [3.63, 3.8) is 0 Å². The van der Waals surface area contributed by atoms with E-state index in [1.807, 2.05) is 57.2 Å². The summed E-state index contributed by atoms with van der Waals surface area (Å²) in [6, 6.07) is 14.9. The molecule has 0 amide bonds. The summed E-state index contributed by atoms with van der Waals surface area (Å²) < 4.78 is 24.3. The lowest BCUT2D eigenvalue weighted by molar-refractivity contribution is -0.149. The van der Waals surface area contributed by atoms with Crippen molar-refractivity contribution in [1.82, 2.24) is 9.66 Å². The van der Waals surface area contributed by atoms with Crippen LogP contribution in [0.3, 0.4) is 0 Å². The van der Waals surface area contributed by atoms with Crippen LogP contribution in [0.15, 0.2) is 71.1 Å². The molecule has 242 valence electrons. The monoisotopic (exact) mass is 625 g/mol. The van der Waals surface area contributed by atoms with Gasteiger partial charge < -0.3 is 18.9 Å². The van der Waals surface area contributed by atoms with Gasteiger partial charge in [0.15, 0.2) is 23.9 Å². The number of ether oxygens (including phenoxy) is 4. The van der Waals surface area contributed by atoms with Gasteiger partial charge in [0.05, 0.1) is 36.4 Å². The van der Waals surface area contributed by atoms with Gasteiger partial charge in [0, 0.05) is 11.1 Å². The normalized spacial score (nSPS) is 11.4. The smallest absolute Gasteiger partial charge is 0.344 e. The largest absolute Gasteiger partial charge is 0.494 e. The third-order valence-electron chi connectivity index (χ3n) is 7.12. The summed E-state index contributed by atoms with van der Waals surface area (Å²) in [5.74, 6) is 1.80. The number of allylic oxidation sites excluding steroid dienone is 1. The Morgan fingerprint density at radius 2 is 1.72 bits per heavy atom. The third kappa shape index (κ3) is 7.83. The number of carbonyl (C=O) groups excluding carboxylic acids is 1. The van der Waals surface area contributed by atoms with E-state index in [1.165, 1.54) is 4.68 Å². The van der Waals surface area contributed by atoms with Crippen molar-refractivity contribution < 1.29 is 23.7 Å². The van der Waals surface area contributed by atoms with Gasteiger partial charge in [-0.05, 0) is 100 Å². The number of para-hydroxylation sites is 1. The van der Waals surface area contributed by atoms with E-state index in [4.69, 9.17) is 29.0 Å². The quantitative estimate of drug-likeness (QED) is 0.0828. The first-order valence-corrected chi connectivity index (χ1v) is 15.6. The number of esters is 1. The number of benzene rings is 3. The summed E-state index contributed by atoms with van der Waals surface area (Å²) in [7, 11) is 0. The summed E-state index contributed by atoms with van der Waals surface area (Å²) in [6.07, 6.45) is 3.53. The number of nitrogens with zero attached hydrogens (tertiary/aromatic N) is 3. The molecule has 0 unspecified atom stereocenters. The Morgan fingerprint density at radius 3 is 2.39 bits per heavy atom. The van der Waals surface area contributed by atoms with Crippen LogP contribution in [0.1, 0.15) is 69.7 Å². The fourth-order valence-corrected chi connectivity index (χ4v) is 5.12. The van der Waals surface area contributed by atoms with Gasteiger partial charge in [-0.3, -0.25) is 4.79 Å². The van der Waals surface area contributed by atoms with Gasteiger partial charge in [0.2, 0.25) is 0 Å². The molecule has 9 nitrogen and oxygen atoms in total. The highest BCUT2D eigenvalue weighted by Crippen LogP contribution is 2.35. The number of aryl methyl sites for hydroxylation is 1. The fraction of sp³-hybridized carbons (Fsp3) is 0.351. The van der Waals surface area contributed by atoms with E-state index in [1.54, 1.807) is 38.3 Å². The summed E-state index contributed by atoms with van der Waals surface area (Å²) in [6.45, 7) is 18.1. The lowest BCUT2D eigenvalue weighted by Crippen LogP contribution is -2.21. The molecule has 0 spiro atoms. The van der Waals surface area contributed by atoms with Crippen LogP contribution in [0.25, 0.3) is 22.3 Å². The van der Waals surface area contributed by atoms with E-state index in [0.717, 1.165) is 28.0 Å². The van der Waals surface area contributed by atoms with E-state index in [2.05, 4.69) is 20.4 Å². The molecular weight excluding hydrogens is 582 g/mol. The van der Waals surface area contributed by atoms with Crippen molar-refractivity contribution >= 4 is 23.1 Å². The highest BCUT2D eigenvalue weighted by Gasteiger charge is 2.20. The maximum Gasteiger partial charge on any atom is 0.344 e. The number of aromatic nitrogens is 2. The summed E-state index contributed by atoms with van der Waals surface area (Å²) in [4.78, 5) is 31.1. The van der Waals surface area contributed by atoms with Crippen LogP contribution in [0.5, 0.6) is 17.2 Å². The zero-order valence-corrected chi connectivity index (χ0v) is 27.8. The predicted octanol–water partition coefficient (Wildman–Crippen LogP) is 7.23. The highest BCUT2D eigenvalue weighted by atomic mass is 16.6. The van der Waals surface area contributed by atoms with Gasteiger partial charge >= 0.3 is 5.97 Å². The van der Waals surface area contributed by atoms with E-state index in [-0.39, 0.29) is 24.2 Å². The molecule has 0 saturated carbocycles. The minimum Gasteiger partial charge on any atom is -0.494 e. The van der Waals surface area contributed by atoms with Crippen molar-refractivity contribution in [1.29, 1.82) is 0 Å². The Morgan fingerprint density at radius 1 is 1.00 bits per heavy atom. The fourth-order valence-electron chi connectivity index (χ4n) is 5.12. The molecule has 3 aromatic carbocycles. The molecule has 4 aromatic rings. The molecule has 0 saturated heterocycles. The zero-order valence-electron chi connectivity index (χ0n) is 27.8. The van der Waals surface area contributed by atoms with E-state index >= 15 is 0 Å². The average molecular weight is 626 g/mol. The molecule has 0 aliphatic rings. The molecule has 9 heteroatoms. The average Bonchev–Trinajstić information content (AvgIpc) is 3.00. The second-order valence-corrected chi connectivity index (χ2v) is 11.4. The first-order chi connectivity index (χ1) is 22.1. The first kappa shape index (κ1) is 34.0. The Bertz CT molecular complexity index is 1810. The van der Waals surface area contributed by atoms with E-state index < -0.39 is 5.97 Å². The lowest BCUT2D eigenvalue weighted by Gasteiger charge is -2.18. The standard InChI is InChI=1S/C37H43N3O6/c1-9-14-27-18-26(19-33(44-11-3)35(27)45-22-34(41)46-24(6)7)21-38-40-36(39-31-16-13-12-15-28(31)37(40)42)30-20-29(23(4)5)32(43-10-2)17-25(30)8/h9,12-13,15-21,23-24H,1,10-11,14,22H2,2-8H3. The van der Waals surface area contributed by atoms with Crippen LogP contribution in [0, 0.1) is 6.92 Å². The van der Waals surface area contributed by atoms with Crippen molar-refractivity contribution in [2.45, 2.75) is 66.9 Å². The molecule has 0 N–H and O–H groups in total. The summed E-state index contributed by atoms with van der Waals surface area (Å²) >= 11 is 0. The van der Waals surface area contributed by atoms with E-state index in [0.29, 0.717) is 53.4 Å². The highest BCUT2D eigenvalue weighted by molar-refractivity contribution is 5.84. The van der Waals surface area contributed by atoms with Crippen LogP contribution in [-0.4, -0.2) is 47.8 Å². The second kappa shape index (κ2) is 15.4. The molecule has 4 rings (SSSR count). The molecule has 0 fully saturated rings. The molecule has 0 bridgehead atoms.